The van der Waals surface area contributed by atoms with E-state index in [-0.39, 0.29) is 16.4 Å². The van der Waals surface area contributed by atoms with E-state index in [1.807, 2.05) is 19.4 Å². The van der Waals surface area contributed by atoms with E-state index < -0.39 is 16.0 Å². The van der Waals surface area contributed by atoms with Crippen molar-refractivity contribution in [2.24, 2.45) is 7.05 Å². The highest BCUT2D eigenvalue weighted by atomic mass is 32.2. The van der Waals surface area contributed by atoms with E-state index in [2.05, 4.69) is 5.10 Å². The van der Waals surface area contributed by atoms with Gasteiger partial charge in [-0.15, -0.1) is 0 Å². The number of benzene rings is 1. The van der Waals surface area contributed by atoms with Crippen molar-refractivity contribution in [1.82, 2.24) is 14.1 Å². The molecule has 0 aliphatic carbocycles. The van der Waals surface area contributed by atoms with Gasteiger partial charge in [0.05, 0.1) is 26.0 Å². The van der Waals surface area contributed by atoms with Crippen LogP contribution in [0, 0.1) is 0 Å². The molecule has 9 heteroatoms. The van der Waals surface area contributed by atoms with Crippen molar-refractivity contribution in [3.8, 4) is 5.75 Å². The Balaban J connectivity index is 1.86. The van der Waals surface area contributed by atoms with Gasteiger partial charge in [-0.1, -0.05) is 0 Å². The molecule has 0 radical (unpaired) electrons. The maximum absolute atomic E-state index is 13.2. The minimum Gasteiger partial charge on any atom is -0.497 e. The number of aryl methyl sites for hydroxylation is 1. The van der Waals surface area contributed by atoms with Gasteiger partial charge in [-0.05, 0) is 36.5 Å². The van der Waals surface area contributed by atoms with Crippen molar-refractivity contribution < 1.29 is 22.7 Å². The van der Waals surface area contributed by atoms with Crippen molar-refractivity contribution in [2.75, 3.05) is 27.3 Å². The summed E-state index contributed by atoms with van der Waals surface area (Å²) in [7, 11) is 0.684. The van der Waals surface area contributed by atoms with Gasteiger partial charge in [0.1, 0.15) is 10.6 Å². The first-order chi connectivity index (χ1) is 12.9. The number of carbonyl (C=O) groups excluding carboxylic acids is 1. The first-order valence-electron chi connectivity index (χ1n) is 8.62. The zero-order chi connectivity index (χ0) is 19.6. The quantitative estimate of drug-likeness (QED) is 0.720. The molecule has 1 aliphatic heterocycles. The third-order valence-corrected chi connectivity index (χ3v) is 6.80. The number of esters is 1. The molecule has 1 aromatic carbocycles. The zero-order valence-corrected chi connectivity index (χ0v) is 16.4. The molecule has 0 atom stereocenters. The lowest BCUT2D eigenvalue weighted by Gasteiger charge is -2.31. The second-order valence-electron chi connectivity index (χ2n) is 6.48. The lowest BCUT2D eigenvalue weighted by molar-refractivity contribution is 0.0596. The molecule has 0 N–H and O–H groups in total. The largest absolute Gasteiger partial charge is 0.497 e. The second kappa shape index (κ2) is 7.69. The molecule has 2 aromatic rings. The highest BCUT2D eigenvalue weighted by Crippen LogP contribution is 2.32. The van der Waals surface area contributed by atoms with Gasteiger partial charge in [0, 0.05) is 32.4 Å². The normalized spacial score (nSPS) is 16.3. The van der Waals surface area contributed by atoms with Crippen LogP contribution < -0.4 is 4.74 Å². The van der Waals surface area contributed by atoms with Crippen LogP contribution in [0.1, 0.15) is 34.7 Å². The molecule has 0 unspecified atom stereocenters. The van der Waals surface area contributed by atoms with Gasteiger partial charge in [0.15, 0.2) is 0 Å². The van der Waals surface area contributed by atoms with E-state index in [0.717, 1.165) is 5.56 Å². The Morgan fingerprint density at radius 3 is 2.48 bits per heavy atom. The molecule has 0 saturated carbocycles. The smallest absolute Gasteiger partial charge is 0.339 e. The second-order valence-corrected chi connectivity index (χ2v) is 8.39. The number of carbonyl (C=O) groups is 1. The number of hydrogen-bond acceptors (Lipinski definition) is 6. The average molecular weight is 393 g/mol. The molecule has 27 heavy (non-hydrogen) atoms. The lowest BCUT2D eigenvalue weighted by atomic mass is 9.93. The number of methoxy groups -OCH3 is 2. The van der Waals surface area contributed by atoms with Gasteiger partial charge in [0.2, 0.25) is 10.0 Å². The van der Waals surface area contributed by atoms with Crippen LogP contribution in [-0.2, 0) is 21.8 Å². The number of sulfonamides is 1. The summed E-state index contributed by atoms with van der Waals surface area (Å²) in [6, 6.07) is 4.33. The molecule has 1 saturated heterocycles. The predicted octanol–water partition coefficient (Wildman–Crippen LogP) is 1.78. The lowest BCUT2D eigenvalue weighted by Crippen LogP contribution is -2.38. The third kappa shape index (κ3) is 3.84. The molecule has 1 fully saturated rings. The maximum Gasteiger partial charge on any atom is 0.339 e. The van der Waals surface area contributed by atoms with E-state index in [1.54, 1.807) is 10.7 Å². The van der Waals surface area contributed by atoms with Crippen molar-refractivity contribution in [3.63, 3.8) is 0 Å². The van der Waals surface area contributed by atoms with Crippen LogP contribution in [0.2, 0.25) is 0 Å². The Kier molecular flexibility index (Phi) is 5.52. The molecular formula is C18H23N3O5S. The summed E-state index contributed by atoms with van der Waals surface area (Å²) in [6.45, 7) is 0.749. The van der Waals surface area contributed by atoms with Crippen LogP contribution in [0.4, 0.5) is 0 Å². The molecular weight excluding hydrogens is 370 g/mol. The van der Waals surface area contributed by atoms with E-state index in [1.165, 1.54) is 30.7 Å². The molecule has 2 heterocycles. The summed E-state index contributed by atoms with van der Waals surface area (Å²) < 4.78 is 39.4. The summed E-state index contributed by atoms with van der Waals surface area (Å²) in [6.07, 6.45) is 5.18. The van der Waals surface area contributed by atoms with Crippen LogP contribution in [0.3, 0.4) is 0 Å². The van der Waals surface area contributed by atoms with Gasteiger partial charge < -0.3 is 9.47 Å². The fourth-order valence-electron chi connectivity index (χ4n) is 3.34. The standard InChI is InChI=1S/C18H23N3O5S/c1-20-12-14(11-19-20)13-6-8-21(9-7-13)27(23,24)17-10-15(25-2)4-5-16(17)18(22)26-3/h4-5,10-13H,6-9H2,1-3H3. The van der Waals surface area contributed by atoms with Crippen LogP contribution in [0.15, 0.2) is 35.5 Å². The van der Waals surface area contributed by atoms with Crippen molar-refractivity contribution in [2.45, 2.75) is 23.7 Å². The fraction of sp³-hybridized carbons (Fsp3) is 0.444. The Bertz CT molecular complexity index is 930. The first kappa shape index (κ1) is 19.4. The zero-order valence-electron chi connectivity index (χ0n) is 15.6. The van der Waals surface area contributed by atoms with Crippen molar-refractivity contribution >= 4 is 16.0 Å². The Morgan fingerprint density at radius 2 is 1.93 bits per heavy atom. The van der Waals surface area contributed by atoms with Gasteiger partial charge >= 0.3 is 5.97 Å². The summed E-state index contributed by atoms with van der Waals surface area (Å²) >= 11 is 0. The number of nitrogens with zero attached hydrogens (tertiary/aromatic N) is 3. The molecule has 0 bridgehead atoms. The summed E-state index contributed by atoms with van der Waals surface area (Å²) in [4.78, 5) is 12.0. The van der Waals surface area contributed by atoms with Crippen molar-refractivity contribution in [1.29, 1.82) is 0 Å². The number of hydrogen-bond donors (Lipinski definition) is 0. The van der Waals surface area contributed by atoms with Crippen LogP contribution >= 0.6 is 0 Å². The number of rotatable bonds is 5. The summed E-state index contributed by atoms with van der Waals surface area (Å²) in [5.41, 5.74) is 1.12. The molecule has 0 spiro atoms. The average Bonchev–Trinajstić information content (AvgIpc) is 3.13. The van der Waals surface area contributed by atoms with E-state index in [9.17, 15) is 13.2 Å². The summed E-state index contributed by atoms with van der Waals surface area (Å²) in [5.74, 6) is -0.0523. The third-order valence-electron chi connectivity index (χ3n) is 4.86. The van der Waals surface area contributed by atoms with Crippen LogP contribution in [0.5, 0.6) is 5.75 Å². The molecule has 3 rings (SSSR count). The van der Waals surface area contributed by atoms with E-state index in [0.29, 0.717) is 31.7 Å². The van der Waals surface area contributed by atoms with E-state index in [4.69, 9.17) is 9.47 Å². The van der Waals surface area contributed by atoms with Gasteiger partial charge in [-0.25, -0.2) is 13.2 Å². The monoisotopic (exact) mass is 393 g/mol. The Hall–Kier alpha value is -2.39. The van der Waals surface area contributed by atoms with Crippen LogP contribution in [-0.4, -0.2) is 55.8 Å². The van der Waals surface area contributed by atoms with Crippen LogP contribution in [0.25, 0.3) is 0 Å². The van der Waals surface area contributed by atoms with Crippen molar-refractivity contribution in [3.05, 3.63) is 41.7 Å². The highest BCUT2D eigenvalue weighted by molar-refractivity contribution is 7.89. The number of piperidine rings is 1. The molecule has 146 valence electrons. The van der Waals surface area contributed by atoms with E-state index >= 15 is 0 Å². The number of ether oxygens (including phenoxy) is 2. The summed E-state index contributed by atoms with van der Waals surface area (Å²) in [5, 5.41) is 4.19. The fourth-order valence-corrected chi connectivity index (χ4v) is 5.01. The minimum atomic E-state index is -3.85. The maximum atomic E-state index is 13.2. The highest BCUT2D eigenvalue weighted by Gasteiger charge is 2.33. The molecule has 1 aliphatic rings. The first-order valence-corrected chi connectivity index (χ1v) is 10.1. The van der Waals surface area contributed by atoms with Gasteiger partial charge in [-0.2, -0.15) is 9.40 Å². The number of aromatic nitrogens is 2. The molecule has 8 nitrogen and oxygen atoms in total. The molecule has 1 aromatic heterocycles. The minimum absolute atomic E-state index is 0.00711. The van der Waals surface area contributed by atoms with Gasteiger partial charge in [0.25, 0.3) is 0 Å². The Morgan fingerprint density at radius 1 is 1.22 bits per heavy atom. The SMILES string of the molecule is COC(=O)c1ccc(OC)cc1S(=O)(=O)N1CCC(c2cnn(C)c2)CC1. The predicted molar refractivity (Wildman–Crippen MR) is 98.3 cm³/mol. The topological polar surface area (TPSA) is 90.7 Å². The Labute approximate surface area is 158 Å². The van der Waals surface area contributed by atoms with Gasteiger partial charge in [-0.3, -0.25) is 4.68 Å². The molecule has 0 amide bonds.